The van der Waals surface area contributed by atoms with Gasteiger partial charge in [-0.05, 0) is 60.7 Å². The third-order valence-corrected chi connectivity index (χ3v) is 6.94. The second kappa shape index (κ2) is 4.62. The van der Waals surface area contributed by atoms with Gasteiger partial charge in [0.05, 0.1) is 0 Å². The van der Waals surface area contributed by atoms with Crippen LogP contribution in [0.2, 0.25) is 0 Å². The fraction of sp³-hybridized carbons (Fsp3) is 0.889. The first-order valence-corrected chi connectivity index (χ1v) is 8.33. The van der Waals surface area contributed by atoms with Gasteiger partial charge < -0.3 is 5.11 Å². The maximum Gasteiger partial charge on any atom is 0.0490 e. The fourth-order valence-corrected chi connectivity index (χ4v) is 5.69. The average molecular weight is 262 g/mol. The summed E-state index contributed by atoms with van der Waals surface area (Å²) < 4.78 is 0. The molecule has 0 aromatic carbocycles. The Kier molecular flexibility index (Phi) is 3.32. The zero-order valence-electron chi connectivity index (χ0n) is 12.9. The number of hydrogen-bond donors (Lipinski definition) is 1. The molecule has 2 saturated carbocycles. The van der Waals surface area contributed by atoms with Crippen LogP contribution in [0.5, 0.6) is 0 Å². The first-order chi connectivity index (χ1) is 9.01. The quantitative estimate of drug-likeness (QED) is 0.687. The Morgan fingerprint density at radius 2 is 2.00 bits per heavy atom. The molecule has 1 nitrogen and oxygen atoms in total. The van der Waals surface area contributed by atoms with Crippen molar-refractivity contribution in [1.82, 2.24) is 0 Å². The number of allylic oxidation sites excluding steroid dienone is 2. The van der Waals surface area contributed by atoms with Gasteiger partial charge in [0.2, 0.25) is 0 Å². The Balaban J connectivity index is 1.97. The summed E-state index contributed by atoms with van der Waals surface area (Å²) in [6.07, 6.45) is 11.8. The minimum absolute atomic E-state index is 0.152. The summed E-state index contributed by atoms with van der Waals surface area (Å²) in [5.74, 6) is 2.44. The molecular weight excluding hydrogens is 232 g/mol. The Morgan fingerprint density at radius 1 is 1.21 bits per heavy atom. The van der Waals surface area contributed by atoms with Crippen LogP contribution in [0.1, 0.15) is 65.7 Å². The van der Waals surface area contributed by atoms with Gasteiger partial charge in [-0.2, -0.15) is 0 Å². The minimum atomic E-state index is 0.152. The van der Waals surface area contributed by atoms with E-state index in [1.54, 1.807) is 5.57 Å². The predicted octanol–water partition coefficient (Wildman–Crippen LogP) is 4.56. The van der Waals surface area contributed by atoms with Crippen molar-refractivity contribution in [3.63, 3.8) is 0 Å². The lowest BCUT2D eigenvalue weighted by atomic mass is 9.48. The second-order valence-electron chi connectivity index (χ2n) is 8.03. The average Bonchev–Trinajstić information content (AvgIpc) is 2.39. The zero-order valence-corrected chi connectivity index (χ0v) is 12.9. The van der Waals surface area contributed by atoms with Crippen molar-refractivity contribution < 1.29 is 5.11 Å². The van der Waals surface area contributed by atoms with Crippen molar-refractivity contribution in [2.75, 3.05) is 6.61 Å². The highest BCUT2D eigenvalue weighted by Crippen LogP contribution is 2.61. The molecule has 5 atom stereocenters. The van der Waals surface area contributed by atoms with E-state index in [0.717, 1.165) is 11.8 Å². The lowest BCUT2D eigenvalue weighted by molar-refractivity contribution is -0.00802. The molecule has 0 aromatic heterocycles. The van der Waals surface area contributed by atoms with E-state index < -0.39 is 0 Å². The molecule has 108 valence electrons. The van der Waals surface area contributed by atoms with Gasteiger partial charge in [0.1, 0.15) is 0 Å². The zero-order chi connectivity index (χ0) is 13.7. The number of rotatable bonds is 1. The Hall–Kier alpha value is -0.300. The van der Waals surface area contributed by atoms with E-state index in [-0.39, 0.29) is 5.41 Å². The van der Waals surface area contributed by atoms with Crippen molar-refractivity contribution in [3.05, 3.63) is 11.6 Å². The van der Waals surface area contributed by atoms with E-state index in [1.165, 1.54) is 44.9 Å². The SMILES string of the molecule is C[C@H]1CCC[C@@]2(C)C3=CCC[C@](C)(CO)[C@@H]3CC[C@H]12. The summed E-state index contributed by atoms with van der Waals surface area (Å²) >= 11 is 0. The summed E-state index contributed by atoms with van der Waals surface area (Å²) in [6.45, 7) is 7.69. The molecule has 0 amide bonds. The monoisotopic (exact) mass is 262 g/mol. The molecule has 3 rings (SSSR count). The highest BCUT2D eigenvalue weighted by Gasteiger charge is 2.52. The summed E-state index contributed by atoms with van der Waals surface area (Å²) in [5, 5.41) is 9.89. The fourth-order valence-electron chi connectivity index (χ4n) is 5.69. The van der Waals surface area contributed by atoms with Crippen molar-refractivity contribution in [3.8, 4) is 0 Å². The maximum absolute atomic E-state index is 9.89. The van der Waals surface area contributed by atoms with Gasteiger partial charge >= 0.3 is 0 Å². The molecule has 0 bridgehead atoms. The Morgan fingerprint density at radius 3 is 2.74 bits per heavy atom. The topological polar surface area (TPSA) is 20.2 Å². The van der Waals surface area contributed by atoms with E-state index in [0.29, 0.717) is 17.9 Å². The molecule has 1 N–H and O–H groups in total. The van der Waals surface area contributed by atoms with Crippen molar-refractivity contribution in [2.24, 2.45) is 28.6 Å². The number of hydrogen-bond acceptors (Lipinski definition) is 1. The number of aliphatic hydroxyl groups is 1. The van der Waals surface area contributed by atoms with Crippen LogP contribution in [0.4, 0.5) is 0 Å². The van der Waals surface area contributed by atoms with Crippen molar-refractivity contribution in [1.29, 1.82) is 0 Å². The van der Waals surface area contributed by atoms with E-state index in [4.69, 9.17) is 0 Å². The van der Waals surface area contributed by atoms with Crippen LogP contribution in [0.3, 0.4) is 0 Å². The Bertz CT molecular complexity index is 385. The standard InChI is InChI=1S/C18H30O/c1-13-6-4-11-18(3)14(13)8-9-15-16(18)7-5-10-17(15,2)12-19/h7,13-15,19H,4-6,8-12H2,1-3H3/t13-,14+,15+,17+,18+/m0/s1. The number of aliphatic hydroxyl groups excluding tert-OH is 1. The summed E-state index contributed by atoms with van der Waals surface area (Å²) in [4.78, 5) is 0. The van der Waals surface area contributed by atoms with Gasteiger partial charge in [-0.25, -0.2) is 0 Å². The van der Waals surface area contributed by atoms with Gasteiger partial charge in [-0.3, -0.25) is 0 Å². The normalized spacial score (nSPS) is 50.1. The van der Waals surface area contributed by atoms with Crippen LogP contribution in [0.15, 0.2) is 11.6 Å². The Labute approximate surface area is 118 Å². The predicted molar refractivity (Wildman–Crippen MR) is 79.8 cm³/mol. The molecule has 0 unspecified atom stereocenters. The molecule has 2 fully saturated rings. The molecule has 1 heteroatoms. The van der Waals surface area contributed by atoms with Gasteiger partial charge in [-0.15, -0.1) is 0 Å². The molecule has 0 aliphatic heterocycles. The maximum atomic E-state index is 9.89. The molecule has 3 aliphatic rings. The molecule has 0 spiro atoms. The lowest BCUT2D eigenvalue weighted by Gasteiger charge is -2.57. The van der Waals surface area contributed by atoms with Gasteiger partial charge in [0, 0.05) is 6.61 Å². The van der Waals surface area contributed by atoms with Crippen LogP contribution in [-0.2, 0) is 0 Å². The van der Waals surface area contributed by atoms with Crippen molar-refractivity contribution >= 4 is 0 Å². The molecular formula is C18H30O. The van der Waals surface area contributed by atoms with Crippen LogP contribution in [0, 0.1) is 28.6 Å². The minimum Gasteiger partial charge on any atom is -0.396 e. The van der Waals surface area contributed by atoms with Gasteiger partial charge in [0.15, 0.2) is 0 Å². The van der Waals surface area contributed by atoms with Crippen LogP contribution in [0.25, 0.3) is 0 Å². The molecule has 0 radical (unpaired) electrons. The third-order valence-electron chi connectivity index (χ3n) is 6.94. The summed E-state index contributed by atoms with van der Waals surface area (Å²) in [6, 6.07) is 0. The highest BCUT2D eigenvalue weighted by atomic mass is 16.3. The van der Waals surface area contributed by atoms with E-state index in [9.17, 15) is 5.11 Å². The second-order valence-corrected chi connectivity index (χ2v) is 8.03. The van der Waals surface area contributed by atoms with E-state index >= 15 is 0 Å². The lowest BCUT2D eigenvalue weighted by Crippen LogP contribution is -2.49. The van der Waals surface area contributed by atoms with Gasteiger partial charge in [-0.1, -0.05) is 45.3 Å². The molecule has 0 heterocycles. The first kappa shape index (κ1) is 13.7. The third kappa shape index (κ3) is 1.92. The summed E-state index contributed by atoms with van der Waals surface area (Å²) in [5.41, 5.74) is 2.33. The number of fused-ring (bicyclic) bond motifs is 3. The van der Waals surface area contributed by atoms with E-state index in [2.05, 4.69) is 26.8 Å². The largest absolute Gasteiger partial charge is 0.396 e. The van der Waals surface area contributed by atoms with E-state index in [1.807, 2.05) is 0 Å². The molecule has 3 aliphatic carbocycles. The smallest absolute Gasteiger partial charge is 0.0490 e. The first-order valence-electron chi connectivity index (χ1n) is 8.33. The van der Waals surface area contributed by atoms with Crippen LogP contribution >= 0.6 is 0 Å². The van der Waals surface area contributed by atoms with Crippen molar-refractivity contribution in [2.45, 2.75) is 65.7 Å². The summed E-state index contributed by atoms with van der Waals surface area (Å²) in [7, 11) is 0. The van der Waals surface area contributed by atoms with Crippen LogP contribution < -0.4 is 0 Å². The molecule has 0 saturated heterocycles. The molecule has 0 aromatic rings. The van der Waals surface area contributed by atoms with Crippen LogP contribution in [-0.4, -0.2) is 11.7 Å². The molecule has 19 heavy (non-hydrogen) atoms. The van der Waals surface area contributed by atoms with Gasteiger partial charge in [0.25, 0.3) is 0 Å². The highest BCUT2D eigenvalue weighted by molar-refractivity contribution is 5.27.